The average molecular weight is 235 g/mol. The molecule has 1 aromatic rings. The fraction of sp³-hybridized carbons (Fsp3) is 0.769. The summed E-state index contributed by atoms with van der Waals surface area (Å²) in [6.07, 6.45) is 8.36. The summed E-state index contributed by atoms with van der Waals surface area (Å²) < 4.78 is 5.25. The highest BCUT2D eigenvalue weighted by Gasteiger charge is 2.37. The fourth-order valence-corrected chi connectivity index (χ4v) is 3.48. The Balaban J connectivity index is 1.71. The van der Waals surface area contributed by atoms with Crippen molar-refractivity contribution in [3.8, 4) is 0 Å². The second-order valence-electron chi connectivity index (χ2n) is 5.35. The number of hydrogen-bond acceptors (Lipinski definition) is 4. The van der Waals surface area contributed by atoms with E-state index in [-0.39, 0.29) is 0 Å². The van der Waals surface area contributed by atoms with Gasteiger partial charge in [-0.15, -0.1) is 0 Å². The molecule has 94 valence electrons. The van der Waals surface area contributed by atoms with Crippen molar-refractivity contribution in [2.75, 3.05) is 7.05 Å². The summed E-state index contributed by atoms with van der Waals surface area (Å²) in [5, 5.41) is 7.25. The molecule has 0 amide bonds. The van der Waals surface area contributed by atoms with Crippen LogP contribution in [0.4, 0.5) is 0 Å². The molecular weight excluding hydrogens is 214 g/mol. The van der Waals surface area contributed by atoms with Gasteiger partial charge in [0.05, 0.1) is 12.7 Å². The predicted molar refractivity (Wildman–Crippen MR) is 65.6 cm³/mol. The van der Waals surface area contributed by atoms with Crippen molar-refractivity contribution in [2.45, 2.75) is 56.8 Å². The molecule has 4 heteroatoms. The van der Waals surface area contributed by atoms with E-state index in [9.17, 15) is 0 Å². The molecule has 0 aromatic carbocycles. The topological polar surface area (TPSA) is 41.3 Å². The number of fused-ring (bicyclic) bond motifs is 2. The van der Waals surface area contributed by atoms with Crippen LogP contribution in [0.1, 0.15) is 37.9 Å². The Morgan fingerprint density at radius 2 is 2.18 bits per heavy atom. The lowest BCUT2D eigenvalue weighted by atomic mass is 9.81. The second-order valence-corrected chi connectivity index (χ2v) is 5.35. The van der Waals surface area contributed by atoms with Crippen LogP contribution in [-0.2, 0) is 6.54 Å². The Hall–Kier alpha value is -0.870. The van der Waals surface area contributed by atoms with Gasteiger partial charge in [-0.2, -0.15) is 0 Å². The molecular formula is C13H21N3O. The van der Waals surface area contributed by atoms with Crippen LogP contribution in [-0.4, -0.2) is 35.2 Å². The van der Waals surface area contributed by atoms with Crippen molar-refractivity contribution in [1.82, 2.24) is 15.4 Å². The van der Waals surface area contributed by atoms with Gasteiger partial charge in [0.1, 0.15) is 0 Å². The van der Waals surface area contributed by atoms with Gasteiger partial charge in [-0.1, -0.05) is 11.6 Å². The Morgan fingerprint density at radius 3 is 2.76 bits per heavy atom. The molecule has 1 aromatic heterocycles. The van der Waals surface area contributed by atoms with Crippen molar-refractivity contribution >= 4 is 0 Å². The van der Waals surface area contributed by atoms with Crippen LogP contribution in [0.5, 0.6) is 0 Å². The average Bonchev–Trinajstić information content (AvgIpc) is 2.81. The summed E-state index contributed by atoms with van der Waals surface area (Å²) in [5.74, 6) is 1.00. The van der Waals surface area contributed by atoms with Crippen LogP contribution in [0.25, 0.3) is 0 Å². The van der Waals surface area contributed by atoms with Gasteiger partial charge in [0.15, 0.2) is 5.76 Å². The third kappa shape index (κ3) is 2.24. The van der Waals surface area contributed by atoms with E-state index in [0.717, 1.165) is 24.4 Å². The van der Waals surface area contributed by atoms with E-state index in [4.69, 9.17) is 4.52 Å². The number of nitrogens with one attached hydrogen (secondary N) is 1. The minimum Gasteiger partial charge on any atom is -0.360 e. The van der Waals surface area contributed by atoms with E-state index in [2.05, 4.69) is 22.4 Å². The second kappa shape index (κ2) is 4.78. The van der Waals surface area contributed by atoms with Gasteiger partial charge in [0.2, 0.25) is 0 Å². The highest BCUT2D eigenvalue weighted by Crippen LogP contribution is 2.34. The molecule has 2 fully saturated rings. The Kier molecular flexibility index (Phi) is 3.16. The van der Waals surface area contributed by atoms with Crippen molar-refractivity contribution in [3.05, 3.63) is 18.0 Å². The van der Waals surface area contributed by atoms with Crippen molar-refractivity contribution in [3.63, 3.8) is 0 Å². The van der Waals surface area contributed by atoms with Crippen molar-refractivity contribution < 1.29 is 4.52 Å². The molecule has 1 N–H and O–H groups in total. The van der Waals surface area contributed by atoms with Crippen molar-refractivity contribution in [1.29, 1.82) is 0 Å². The van der Waals surface area contributed by atoms with E-state index >= 15 is 0 Å². The molecule has 2 unspecified atom stereocenters. The van der Waals surface area contributed by atoms with Crippen LogP contribution in [0.2, 0.25) is 0 Å². The van der Waals surface area contributed by atoms with E-state index in [0.29, 0.717) is 6.04 Å². The first-order valence-corrected chi connectivity index (χ1v) is 6.69. The standard InChI is InChI=1S/C13H21N3O/c1-14-10-7-11-3-2-4-12(8-10)16(11)9-13-5-6-15-17-13/h5-6,10-12,14H,2-4,7-9H2,1H3. The monoisotopic (exact) mass is 235 g/mol. The van der Waals surface area contributed by atoms with Gasteiger partial charge in [-0.25, -0.2) is 0 Å². The van der Waals surface area contributed by atoms with Crippen LogP contribution in [0.15, 0.2) is 16.8 Å². The minimum atomic E-state index is 0.705. The zero-order valence-corrected chi connectivity index (χ0v) is 10.4. The predicted octanol–water partition coefficient (Wildman–Crippen LogP) is 1.78. The summed E-state index contributed by atoms with van der Waals surface area (Å²) in [6, 6.07) is 4.14. The third-order valence-electron chi connectivity index (χ3n) is 4.36. The molecule has 2 aliphatic heterocycles. The normalized spacial score (nSPS) is 33.8. The highest BCUT2D eigenvalue weighted by molar-refractivity contribution is 4.99. The summed E-state index contributed by atoms with van der Waals surface area (Å²) in [6.45, 7) is 0.936. The lowest BCUT2D eigenvalue weighted by Gasteiger charge is -2.48. The molecule has 2 bridgehead atoms. The van der Waals surface area contributed by atoms with Crippen LogP contribution >= 0.6 is 0 Å². The van der Waals surface area contributed by atoms with Crippen LogP contribution in [0.3, 0.4) is 0 Å². The lowest BCUT2D eigenvalue weighted by molar-refractivity contribution is 0.0128. The van der Waals surface area contributed by atoms with E-state index in [1.54, 1.807) is 6.20 Å². The number of nitrogens with zero attached hydrogens (tertiary/aromatic N) is 2. The zero-order chi connectivity index (χ0) is 11.7. The molecule has 17 heavy (non-hydrogen) atoms. The first kappa shape index (κ1) is 11.2. The molecule has 3 rings (SSSR count). The number of piperidine rings is 2. The number of rotatable bonds is 3. The van der Waals surface area contributed by atoms with Gasteiger partial charge < -0.3 is 9.84 Å². The Labute approximate surface area is 102 Å². The number of aromatic nitrogens is 1. The van der Waals surface area contributed by atoms with E-state index < -0.39 is 0 Å². The van der Waals surface area contributed by atoms with Gasteiger partial charge in [-0.3, -0.25) is 4.90 Å². The molecule has 0 radical (unpaired) electrons. The quantitative estimate of drug-likeness (QED) is 0.867. The number of hydrogen-bond donors (Lipinski definition) is 1. The summed E-state index contributed by atoms with van der Waals surface area (Å²) in [4.78, 5) is 2.64. The maximum Gasteiger partial charge on any atom is 0.150 e. The highest BCUT2D eigenvalue weighted by atomic mass is 16.5. The summed E-state index contributed by atoms with van der Waals surface area (Å²) in [7, 11) is 2.09. The summed E-state index contributed by atoms with van der Waals surface area (Å²) in [5.41, 5.74) is 0. The minimum absolute atomic E-state index is 0.705. The van der Waals surface area contributed by atoms with Gasteiger partial charge in [-0.05, 0) is 32.7 Å². The molecule has 0 spiro atoms. The van der Waals surface area contributed by atoms with Gasteiger partial charge in [0.25, 0.3) is 0 Å². The maximum atomic E-state index is 5.25. The fourth-order valence-electron chi connectivity index (χ4n) is 3.48. The van der Waals surface area contributed by atoms with E-state index in [1.807, 2.05) is 6.07 Å². The SMILES string of the molecule is CNC1CC2CCCC(C1)N2Cc1ccno1. The molecule has 0 saturated carbocycles. The smallest absolute Gasteiger partial charge is 0.150 e. The molecule has 3 heterocycles. The van der Waals surface area contributed by atoms with Crippen LogP contribution < -0.4 is 5.32 Å². The lowest BCUT2D eigenvalue weighted by Crippen LogP contribution is -2.55. The molecule has 2 atom stereocenters. The molecule has 2 aliphatic rings. The molecule has 4 nitrogen and oxygen atoms in total. The largest absolute Gasteiger partial charge is 0.360 e. The summed E-state index contributed by atoms with van der Waals surface area (Å²) >= 11 is 0. The van der Waals surface area contributed by atoms with Gasteiger partial charge in [0, 0.05) is 24.2 Å². The van der Waals surface area contributed by atoms with Crippen molar-refractivity contribution in [2.24, 2.45) is 0 Å². The molecule has 2 saturated heterocycles. The van der Waals surface area contributed by atoms with Crippen LogP contribution in [0, 0.1) is 0 Å². The first-order chi connectivity index (χ1) is 8.36. The Bertz CT molecular complexity index is 338. The zero-order valence-electron chi connectivity index (χ0n) is 10.4. The maximum absolute atomic E-state index is 5.25. The van der Waals surface area contributed by atoms with E-state index in [1.165, 1.54) is 32.1 Å². The molecule has 0 aliphatic carbocycles. The third-order valence-corrected chi connectivity index (χ3v) is 4.36. The Morgan fingerprint density at radius 1 is 1.41 bits per heavy atom. The first-order valence-electron chi connectivity index (χ1n) is 6.69. The van der Waals surface area contributed by atoms with Gasteiger partial charge >= 0.3 is 0 Å².